The molecule has 1 saturated heterocycles. The number of piperidine rings is 1. The van der Waals surface area contributed by atoms with Crippen molar-refractivity contribution in [3.63, 3.8) is 0 Å². The molecule has 4 heteroatoms. The summed E-state index contributed by atoms with van der Waals surface area (Å²) in [7, 11) is 2.18. The summed E-state index contributed by atoms with van der Waals surface area (Å²) in [5.74, 6) is 0. The Labute approximate surface area is 96.9 Å². The van der Waals surface area contributed by atoms with Crippen molar-refractivity contribution in [2.24, 2.45) is 5.41 Å². The molecule has 0 saturated carbocycles. The van der Waals surface area contributed by atoms with Crippen molar-refractivity contribution in [1.82, 2.24) is 14.5 Å². The molecule has 90 valence electrons. The average Bonchev–Trinajstić information content (AvgIpc) is 2.70. The van der Waals surface area contributed by atoms with Gasteiger partial charge in [-0.2, -0.15) is 0 Å². The second-order valence-electron chi connectivity index (χ2n) is 5.28. The summed E-state index contributed by atoms with van der Waals surface area (Å²) < 4.78 is 2.09. The average molecular weight is 223 g/mol. The zero-order valence-electron chi connectivity index (χ0n) is 10.2. The molecule has 1 aromatic heterocycles. The van der Waals surface area contributed by atoms with E-state index in [1.54, 1.807) is 6.20 Å². The van der Waals surface area contributed by atoms with Gasteiger partial charge < -0.3 is 14.6 Å². The fourth-order valence-corrected chi connectivity index (χ4v) is 2.35. The van der Waals surface area contributed by atoms with Gasteiger partial charge in [0, 0.05) is 6.54 Å². The maximum Gasteiger partial charge on any atom is 0.0949 e. The van der Waals surface area contributed by atoms with Gasteiger partial charge >= 0.3 is 0 Å². The van der Waals surface area contributed by atoms with E-state index >= 15 is 0 Å². The molecule has 2 rings (SSSR count). The lowest BCUT2D eigenvalue weighted by atomic mass is 9.80. The smallest absolute Gasteiger partial charge is 0.0949 e. The van der Waals surface area contributed by atoms with Crippen LogP contribution in [0.15, 0.2) is 12.5 Å². The molecule has 1 fully saturated rings. The van der Waals surface area contributed by atoms with E-state index in [1.807, 2.05) is 6.33 Å². The van der Waals surface area contributed by atoms with Crippen molar-refractivity contribution < 1.29 is 5.11 Å². The highest BCUT2D eigenvalue weighted by Gasteiger charge is 2.29. The number of aliphatic hydroxyl groups is 1. The Morgan fingerprint density at radius 1 is 1.44 bits per heavy atom. The molecule has 0 aromatic carbocycles. The fraction of sp³-hybridized carbons (Fsp3) is 0.750. The second kappa shape index (κ2) is 4.55. The van der Waals surface area contributed by atoms with E-state index in [-0.39, 0.29) is 6.61 Å². The van der Waals surface area contributed by atoms with Crippen LogP contribution >= 0.6 is 0 Å². The SMILES string of the molecule is CN1CCC(C)(Cn2cncc2CO)CC1. The van der Waals surface area contributed by atoms with Gasteiger partial charge in [0.05, 0.1) is 24.8 Å². The number of aliphatic hydroxyl groups excluding tert-OH is 1. The van der Waals surface area contributed by atoms with Gasteiger partial charge in [-0.1, -0.05) is 6.92 Å². The maximum absolute atomic E-state index is 9.19. The van der Waals surface area contributed by atoms with Crippen LogP contribution in [0.25, 0.3) is 0 Å². The first kappa shape index (κ1) is 11.6. The van der Waals surface area contributed by atoms with E-state index in [2.05, 4.69) is 28.4 Å². The minimum absolute atomic E-state index is 0.0793. The summed E-state index contributed by atoms with van der Waals surface area (Å²) in [6.07, 6.45) is 6.01. The number of imidazole rings is 1. The van der Waals surface area contributed by atoms with E-state index in [0.29, 0.717) is 5.41 Å². The van der Waals surface area contributed by atoms with E-state index < -0.39 is 0 Å². The molecule has 0 amide bonds. The minimum Gasteiger partial charge on any atom is -0.390 e. The van der Waals surface area contributed by atoms with Crippen molar-refractivity contribution in [2.75, 3.05) is 20.1 Å². The van der Waals surface area contributed by atoms with Crippen LogP contribution in [0, 0.1) is 5.41 Å². The van der Waals surface area contributed by atoms with E-state index in [4.69, 9.17) is 0 Å². The van der Waals surface area contributed by atoms with Gasteiger partial charge in [-0.25, -0.2) is 4.98 Å². The number of hydrogen-bond acceptors (Lipinski definition) is 3. The molecule has 0 atom stereocenters. The number of likely N-dealkylation sites (tertiary alicyclic amines) is 1. The zero-order valence-corrected chi connectivity index (χ0v) is 10.2. The van der Waals surface area contributed by atoms with Crippen molar-refractivity contribution in [1.29, 1.82) is 0 Å². The van der Waals surface area contributed by atoms with Crippen LogP contribution in [0.2, 0.25) is 0 Å². The third kappa shape index (κ3) is 2.44. The molecule has 0 bridgehead atoms. The summed E-state index contributed by atoms with van der Waals surface area (Å²) in [6.45, 7) is 5.72. The second-order valence-corrected chi connectivity index (χ2v) is 5.28. The Kier molecular flexibility index (Phi) is 3.30. The molecule has 1 N–H and O–H groups in total. The van der Waals surface area contributed by atoms with Crippen LogP contribution in [0.5, 0.6) is 0 Å². The zero-order chi connectivity index (χ0) is 11.6. The Balaban J connectivity index is 2.03. The van der Waals surface area contributed by atoms with Crippen LogP contribution in [0.4, 0.5) is 0 Å². The fourth-order valence-electron chi connectivity index (χ4n) is 2.35. The summed E-state index contributed by atoms with van der Waals surface area (Å²) in [6, 6.07) is 0. The predicted octanol–water partition coefficient (Wildman–Crippen LogP) is 1.11. The summed E-state index contributed by atoms with van der Waals surface area (Å²) >= 11 is 0. The van der Waals surface area contributed by atoms with Gasteiger partial charge in [0.25, 0.3) is 0 Å². The lowest BCUT2D eigenvalue weighted by Crippen LogP contribution is -2.38. The summed E-state index contributed by atoms with van der Waals surface area (Å²) in [4.78, 5) is 6.47. The first-order valence-electron chi connectivity index (χ1n) is 5.91. The summed E-state index contributed by atoms with van der Waals surface area (Å²) in [5, 5.41) is 9.19. The van der Waals surface area contributed by atoms with Crippen LogP contribution in [-0.2, 0) is 13.2 Å². The van der Waals surface area contributed by atoms with Gasteiger partial charge in [-0.3, -0.25) is 0 Å². The molecule has 1 aliphatic rings. The Bertz CT molecular complexity index is 340. The van der Waals surface area contributed by atoms with Gasteiger partial charge in [0.1, 0.15) is 0 Å². The van der Waals surface area contributed by atoms with Crippen molar-refractivity contribution in [3.05, 3.63) is 18.2 Å². The number of hydrogen-bond donors (Lipinski definition) is 1. The van der Waals surface area contributed by atoms with E-state index in [9.17, 15) is 5.11 Å². The van der Waals surface area contributed by atoms with Crippen LogP contribution in [0.1, 0.15) is 25.5 Å². The molecule has 1 aromatic rings. The van der Waals surface area contributed by atoms with Crippen molar-refractivity contribution >= 4 is 0 Å². The third-order valence-electron chi connectivity index (χ3n) is 3.71. The molecule has 0 spiro atoms. The molecule has 0 unspecified atom stereocenters. The van der Waals surface area contributed by atoms with Crippen LogP contribution in [0.3, 0.4) is 0 Å². The lowest BCUT2D eigenvalue weighted by molar-refractivity contribution is 0.118. The van der Waals surface area contributed by atoms with Gasteiger partial charge in [0.2, 0.25) is 0 Å². The Morgan fingerprint density at radius 2 is 2.12 bits per heavy atom. The first-order valence-corrected chi connectivity index (χ1v) is 5.91. The molecular formula is C12H21N3O. The normalized spacial score (nSPS) is 21.2. The highest BCUT2D eigenvalue weighted by Crippen LogP contribution is 2.32. The quantitative estimate of drug-likeness (QED) is 0.834. The van der Waals surface area contributed by atoms with Gasteiger partial charge in [0.15, 0.2) is 0 Å². The van der Waals surface area contributed by atoms with Crippen LogP contribution in [-0.4, -0.2) is 39.7 Å². The topological polar surface area (TPSA) is 41.3 Å². The molecule has 0 radical (unpaired) electrons. The predicted molar refractivity (Wildman–Crippen MR) is 63.0 cm³/mol. The lowest BCUT2D eigenvalue weighted by Gasteiger charge is -2.38. The third-order valence-corrected chi connectivity index (χ3v) is 3.71. The van der Waals surface area contributed by atoms with Crippen molar-refractivity contribution in [3.8, 4) is 0 Å². The highest BCUT2D eigenvalue weighted by molar-refractivity contribution is 4.98. The Hall–Kier alpha value is -0.870. The molecule has 1 aliphatic heterocycles. The van der Waals surface area contributed by atoms with Gasteiger partial charge in [-0.05, 0) is 38.4 Å². The monoisotopic (exact) mass is 223 g/mol. The minimum atomic E-state index is 0.0793. The molecule has 2 heterocycles. The first-order chi connectivity index (χ1) is 7.63. The maximum atomic E-state index is 9.19. The Morgan fingerprint density at radius 3 is 2.75 bits per heavy atom. The number of aromatic nitrogens is 2. The number of rotatable bonds is 3. The van der Waals surface area contributed by atoms with E-state index in [0.717, 1.165) is 12.2 Å². The highest BCUT2D eigenvalue weighted by atomic mass is 16.3. The number of nitrogens with zero attached hydrogens (tertiary/aromatic N) is 3. The molecule has 0 aliphatic carbocycles. The van der Waals surface area contributed by atoms with Crippen molar-refractivity contribution in [2.45, 2.75) is 32.9 Å². The van der Waals surface area contributed by atoms with Gasteiger partial charge in [-0.15, -0.1) is 0 Å². The molecule has 4 nitrogen and oxygen atoms in total. The van der Waals surface area contributed by atoms with E-state index in [1.165, 1.54) is 25.9 Å². The standard InChI is InChI=1S/C12H21N3O/c1-12(3-5-14(2)6-4-12)9-15-10-13-7-11(15)8-16/h7,10,16H,3-6,8-9H2,1-2H3. The molecule has 16 heavy (non-hydrogen) atoms. The summed E-state index contributed by atoms with van der Waals surface area (Å²) in [5.41, 5.74) is 1.26. The largest absolute Gasteiger partial charge is 0.390 e. The van der Waals surface area contributed by atoms with Crippen LogP contribution < -0.4 is 0 Å². The molecular weight excluding hydrogens is 202 g/mol.